The van der Waals surface area contributed by atoms with Crippen LogP contribution in [0.25, 0.3) is 16.6 Å². The molecule has 2 N–H and O–H groups in total. The highest BCUT2D eigenvalue weighted by Gasteiger charge is 2.27. The lowest BCUT2D eigenvalue weighted by Crippen LogP contribution is -2.54. The Morgan fingerprint density at radius 1 is 1.10 bits per heavy atom. The Labute approximate surface area is 175 Å². The number of aromatic nitrogens is 1. The molecule has 0 bridgehead atoms. The molecule has 0 saturated carbocycles. The van der Waals surface area contributed by atoms with Crippen LogP contribution in [0.5, 0.6) is 0 Å². The van der Waals surface area contributed by atoms with Crippen LogP contribution in [0.4, 0.5) is 18.9 Å². The van der Waals surface area contributed by atoms with E-state index in [1.165, 1.54) is 6.07 Å². The van der Waals surface area contributed by atoms with Crippen molar-refractivity contribution < 1.29 is 23.1 Å². The highest BCUT2D eigenvalue weighted by Crippen LogP contribution is 2.30. The van der Waals surface area contributed by atoms with Crippen molar-refractivity contribution in [2.75, 3.05) is 18.0 Å². The van der Waals surface area contributed by atoms with Gasteiger partial charge < -0.3 is 19.9 Å². The molecule has 1 aliphatic rings. The van der Waals surface area contributed by atoms with Gasteiger partial charge in [0.1, 0.15) is 23.0 Å². The zero-order valence-electron chi connectivity index (χ0n) is 16.8. The Kier molecular flexibility index (Phi) is 5.22. The number of hydrogen-bond donors (Lipinski definition) is 2. The van der Waals surface area contributed by atoms with Gasteiger partial charge in [-0.25, -0.2) is 18.0 Å². The van der Waals surface area contributed by atoms with Gasteiger partial charge in [-0.3, -0.25) is 4.79 Å². The molecule has 6 nitrogen and oxygen atoms in total. The van der Waals surface area contributed by atoms with Crippen molar-refractivity contribution in [1.29, 1.82) is 0 Å². The number of carboxylic acid groups (broad SMARTS) is 1. The average molecular weight is 431 g/mol. The van der Waals surface area contributed by atoms with Gasteiger partial charge in [0.25, 0.3) is 0 Å². The van der Waals surface area contributed by atoms with Crippen LogP contribution in [-0.2, 0) is 0 Å². The molecule has 2 atom stereocenters. The molecule has 1 aliphatic heterocycles. The Balaban J connectivity index is 2.04. The second-order valence-corrected chi connectivity index (χ2v) is 7.77. The summed E-state index contributed by atoms with van der Waals surface area (Å²) >= 11 is 0. The Morgan fingerprint density at radius 3 is 2.48 bits per heavy atom. The van der Waals surface area contributed by atoms with Crippen LogP contribution in [0.2, 0.25) is 0 Å². The molecule has 9 heteroatoms. The van der Waals surface area contributed by atoms with E-state index in [2.05, 4.69) is 5.32 Å². The summed E-state index contributed by atoms with van der Waals surface area (Å²) in [6.07, 6.45) is 0.981. The van der Waals surface area contributed by atoms with Crippen molar-refractivity contribution in [3.63, 3.8) is 0 Å². The number of halogens is 3. The van der Waals surface area contributed by atoms with E-state index in [1.807, 2.05) is 18.7 Å². The normalized spacial score (nSPS) is 19.1. The molecule has 0 spiro atoms. The first-order chi connectivity index (χ1) is 14.7. The maximum absolute atomic E-state index is 15.1. The second kappa shape index (κ2) is 7.73. The summed E-state index contributed by atoms with van der Waals surface area (Å²) in [5.74, 6) is -3.96. The van der Waals surface area contributed by atoms with Crippen molar-refractivity contribution in [3.05, 3.63) is 69.8 Å². The molecule has 0 amide bonds. The number of piperazine rings is 1. The minimum absolute atomic E-state index is 0.0517. The molecule has 31 heavy (non-hydrogen) atoms. The number of aromatic carboxylic acids is 1. The largest absolute Gasteiger partial charge is 0.477 e. The van der Waals surface area contributed by atoms with Gasteiger partial charge in [-0.05, 0) is 38.1 Å². The van der Waals surface area contributed by atoms with Gasteiger partial charge >= 0.3 is 5.97 Å². The molecule has 2 aromatic carbocycles. The van der Waals surface area contributed by atoms with E-state index in [1.54, 1.807) is 0 Å². The van der Waals surface area contributed by atoms with Gasteiger partial charge in [-0.15, -0.1) is 0 Å². The molecule has 1 aromatic heterocycles. The van der Waals surface area contributed by atoms with Crippen LogP contribution in [0.1, 0.15) is 24.2 Å². The van der Waals surface area contributed by atoms with Crippen molar-refractivity contribution in [1.82, 2.24) is 9.88 Å². The van der Waals surface area contributed by atoms with E-state index < -0.39 is 34.4 Å². The third kappa shape index (κ3) is 3.65. The molecule has 4 rings (SSSR count). The summed E-state index contributed by atoms with van der Waals surface area (Å²) in [4.78, 5) is 26.1. The highest BCUT2D eigenvalue weighted by atomic mass is 19.1. The van der Waals surface area contributed by atoms with Crippen molar-refractivity contribution in [2.24, 2.45) is 0 Å². The highest BCUT2D eigenvalue weighted by molar-refractivity contribution is 5.94. The molecule has 162 valence electrons. The summed E-state index contributed by atoms with van der Waals surface area (Å²) in [6, 6.07) is 5.25. The number of nitrogens with one attached hydrogen (secondary N) is 1. The minimum Gasteiger partial charge on any atom is -0.477 e. The Bertz CT molecular complexity index is 1260. The molecule has 1 fully saturated rings. The lowest BCUT2D eigenvalue weighted by Gasteiger charge is -2.39. The SMILES string of the molecule is CC1CN(c2cc3c(cc2F)c(=O)c(C(=O)O)cn3-c2ccc(F)cc2F)C(C)CN1. The molecule has 3 aromatic rings. The van der Waals surface area contributed by atoms with Crippen LogP contribution in [0.15, 0.2) is 41.3 Å². The van der Waals surface area contributed by atoms with Gasteiger partial charge in [0, 0.05) is 42.8 Å². The summed E-state index contributed by atoms with van der Waals surface area (Å²) < 4.78 is 44.2. The van der Waals surface area contributed by atoms with Crippen LogP contribution in [0, 0.1) is 17.5 Å². The van der Waals surface area contributed by atoms with Crippen LogP contribution >= 0.6 is 0 Å². The van der Waals surface area contributed by atoms with Crippen LogP contribution in [-0.4, -0.2) is 40.8 Å². The van der Waals surface area contributed by atoms with Gasteiger partial charge in [0.2, 0.25) is 5.43 Å². The fraction of sp³-hybridized carbons (Fsp3) is 0.273. The van der Waals surface area contributed by atoms with Gasteiger partial charge in [-0.2, -0.15) is 0 Å². The number of hydrogen-bond acceptors (Lipinski definition) is 4. The van der Waals surface area contributed by atoms with Crippen molar-refractivity contribution >= 4 is 22.6 Å². The van der Waals surface area contributed by atoms with Crippen LogP contribution in [0.3, 0.4) is 0 Å². The molecular weight excluding hydrogens is 411 g/mol. The number of fused-ring (bicyclic) bond motifs is 1. The summed E-state index contributed by atoms with van der Waals surface area (Å²) in [7, 11) is 0. The Hall–Kier alpha value is -3.33. The quantitative estimate of drug-likeness (QED) is 0.666. The Morgan fingerprint density at radius 2 is 1.81 bits per heavy atom. The number of carboxylic acids is 1. The molecule has 2 unspecified atom stereocenters. The number of pyridine rings is 1. The standard InChI is InChI=1S/C22H20F3N3O3/c1-11-9-27(12(2)8-26-11)20-7-19-14(6-17(20)25)21(29)15(22(30)31)10-28(19)18-4-3-13(23)5-16(18)24/h3-7,10-12,26H,8-9H2,1-2H3,(H,30,31). The first-order valence-electron chi connectivity index (χ1n) is 9.75. The third-order valence-electron chi connectivity index (χ3n) is 5.55. The van der Waals surface area contributed by atoms with E-state index in [9.17, 15) is 23.5 Å². The van der Waals surface area contributed by atoms with E-state index in [0.29, 0.717) is 19.2 Å². The lowest BCUT2D eigenvalue weighted by molar-refractivity contribution is 0.0695. The number of carbonyl (C=O) groups is 1. The van der Waals surface area contributed by atoms with Gasteiger partial charge in [0.15, 0.2) is 0 Å². The molecule has 0 aliphatic carbocycles. The lowest BCUT2D eigenvalue weighted by atomic mass is 10.1. The first-order valence-corrected chi connectivity index (χ1v) is 9.75. The summed E-state index contributed by atoms with van der Waals surface area (Å²) in [5, 5.41) is 12.5. The third-order valence-corrected chi connectivity index (χ3v) is 5.55. The molecule has 2 heterocycles. The topological polar surface area (TPSA) is 74.6 Å². The maximum Gasteiger partial charge on any atom is 0.341 e. The predicted molar refractivity (Wildman–Crippen MR) is 111 cm³/mol. The smallest absolute Gasteiger partial charge is 0.341 e. The van der Waals surface area contributed by atoms with Gasteiger partial charge in [0.05, 0.1) is 16.9 Å². The fourth-order valence-electron chi connectivity index (χ4n) is 3.94. The molecule has 0 radical (unpaired) electrons. The average Bonchev–Trinajstić information content (AvgIpc) is 2.70. The fourth-order valence-corrected chi connectivity index (χ4v) is 3.94. The van der Waals surface area contributed by atoms with Gasteiger partial charge in [-0.1, -0.05) is 0 Å². The maximum atomic E-state index is 15.1. The predicted octanol–water partition coefficient (Wildman–Crippen LogP) is 3.29. The molecule has 1 saturated heterocycles. The second-order valence-electron chi connectivity index (χ2n) is 7.77. The summed E-state index contributed by atoms with van der Waals surface area (Å²) in [5.41, 5.74) is -1.35. The monoisotopic (exact) mass is 431 g/mol. The minimum atomic E-state index is -1.53. The van der Waals surface area contributed by atoms with E-state index in [-0.39, 0.29) is 34.4 Å². The number of nitrogens with zero attached hydrogens (tertiary/aromatic N) is 2. The summed E-state index contributed by atoms with van der Waals surface area (Å²) in [6.45, 7) is 5.01. The van der Waals surface area contributed by atoms with E-state index in [4.69, 9.17) is 0 Å². The zero-order chi connectivity index (χ0) is 22.4. The zero-order valence-corrected chi connectivity index (χ0v) is 16.8. The van der Waals surface area contributed by atoms with Crippen molar-refractivity contribution in [3.8, 4) is 5.69 Å². The van der Waals surface area contributed by atoms with E-state index in [0.717, 1.165) is 29.0 Å². The first kappa shape index (κ1) is 20.9. The van der Waals surface area contributed by atoms with E-state index >= 15 is 4.39 Å². The van der Waals surface area contributed by atoms with Crippen LogP contribution < -0.4 is 15.6 Å². The number of rotatable bonds is 3. The van der Waals surface area contributed by atoms with Crippen molar-refractivity contribution in [2.45, 2.75) is 25.9 Å². The number of benzene rings is 2. The molecular formula is C22H20F3N3O3. The number of anilines is 1.